The first-order valence-electron chi connectivity index (χ1n) is 9.17. The summed E-state index contributed by atoms with van der Waals surface area (Å²) in [6.45, 7) is 5.08. The van der Waals surface area contributed by atoms with Crippen molar-refractivity contribution in [3.8, 4) is 11.4 Å². The number of piperidine rings is 2. The van der Waals surface area contributed by atoms with Crippen molar-refractivity contribution in [2.24, 2.45) is 11.8 Å². The molecule has 26 heavy (non-hydrogen) atoms. The normalized spacial score (nSPS) is 24.6. The van der Waals surface area contributed by atoms with E-state index in [0.29, 0.717) is 29.4 Å². The maximum Gasteiger partial charge on any atom is 0.322 e. The van der Waals surface area contributed by atoms with E-state index in [1.54, 1.807) is 0 Å². The van der Waals surface area contributed by atoms with Crippen LogP contribution >= 0.6 is 0 Å². The third kappa shape index (κ3) is 3.16. The molecule has 3 fully saturated rings. The van der Waals surface area contributed by atoms with Crippen LogP contribution in [0.25, 0.3) is 11.4 Å². The molecule has 2 aromatic rings. The lowest BCUT2D eigenvalue weighted by molar-refractivity contribution is 0.0429. The molecule has 5 nitrogen and oxygen atoms in total. The molecule has 1 aliphatic carbocycles. The molecule has 3 heterocycles. The van der Waals surface area contributed by atoms with Gasteiger partial charge in [-0.05, 0) is 55.7 Å². The Balaban J connectivity index is 0.00000210. The summed E-state index contributed by atoms with van der Waals surface area (Å²) < 4.78 is 13.1. The van der Waals surface area contributed by atoms with Gasteiger partial charge in [0.1, 0.15) is 0 Å². The van der Waals surface area contributed by atoms with E-state index in [1.165, 1.54) is 6.42 Å². The molecule has 6 heteroatoms. The minimum Gasteiger partial charge on any atom is -0.321 e. The van der Waals surface area contributed by atoms with Crippen LogP contribution in [0.5, 0.6) is 0 Å². The number of anilines is 1. The average molecular weight is 356 g/mol. The Morgan fingerprint density at radius 3 is 2.73 bits per heavy atom. The number of benzene rings is 1. The predicted octanol–water partition coefficient (Wildman–Crippen LogP) is 4.49. The van der Waals surface area contributed by atoms with E-state index >= 15 is 0 Å². The van der Waals surface area contributed by atoms with Gasteiger partial charge in [0, 0.05) is 25.3 Å². The molecule has 138 valence electrons. The average Bonchev–Trinajstić information content (AvgIpc) is 2.64. The van der Waals surface area contributed by atoms with Crippen LogP contribution in [0.1, 0.15) is 33.2 Å². The van der Waals surface area contributed by atoms with Gasteiger partial charge in [0.2, 0.25) is 0 Å². The first kappa shape index (κ1) is 16.9. The molecule has 1 unspecified atom stereocenters. The van der Waals surface area contributed by atoms with Crippen LogP contribution in [-0.4, -0.2) is 33.5 Å². The van der Waals surface area contributed by atoms with Crippen LogP contribution in [0, 0.1) is 24.6 Å². The lowest BCUT2D eigenvalue weighted by atomic mass is 9.73. The number of amides is 2. The smallest absolute Gasteiger partial charge is 0.321 e. The zero-order valence-corrected chi connectivity index (χ0v) is 15.1. The topological polar surface area (TPSA) is 58.1 Å². The van der Waals surface area contributed by atoms with Gasteiger partial charge in [0.05, 0.1) is 12.4 Å². The van der Waals surface area contributed by atoms with Crippen molar-refractivity contribution in [3.05, 3.63) is 42.0 Å². The zero-order chi connectivity index (χ0) is 18.3. The molecule has 5 rings (SSSR count). The summed E-state index contributed by atoms with van der Waals surface area (Å²) in [5, 5.41) is 3.02. The number of fused-ring (bicyclic) bond motifs is 3. The SMILES string of the molecule is Cc1ccc(NC(=O)N2C[C@@H]3CC[C@@H]2CC3C)cc1-c1ncc(F)cn1.[HH]. The molecule has 1 N–H and O–H groups in total. The number of rotatable bonds is 2. The molecular formula is C20H25FN4O. The highest BCUT2D eigenvalue weighted by Crippen LogP contribution is 2.39. The van der Waals surface area contributed by atoms with Gasteiger partial charge < -0.3 is 10.2 Å². The third-order valence-electron chi connectivity index (χ3n) is 5.80. The van der Waals surface area contributed by atoms with Gasteiger partial charge in [0.25, 0.3) is 0 Å². The fraction of sp³-hybridized carbons (Fsp3) is 0.450. The highest BCUT2D eigenvalue weighted by atomic mass is 19.1. The quantitative estimate of drug-likeness (QED) is 0.862. The summed E-state index contributed by atoms with van der Waals surface area (Å²) in [4.78, 5) is 22.9. The van der Waals surface area contributed by atoms with Crippen LogP contribution in [-0.2, 0) is 0 Å². The van der Waals surface area contributed by atoms with Crippen molar-refractivity contribution < 1.29 is 10.6 Å². The summed E-state index contributed by atoms with van der Waals surface area (Å²) in [6.07, 6.45) is 5.73. The van der Waals surface area contributed by atoms with Gasteiger partial charge in [-0.1, -0.05) is 13.0 Å². The van der Waals surface area contributed by atoms with Crippen molar-refractivity contribution in [2.45, 2.75) is 39.2 Å². The number of hydrogen-bond acceptors (Lipinski definition) is 3. The van der Waals surface area contributed by atoms with E-state index < -0.39 is 5.82 Å². The summed E-state index contributed by atoms with van der Waals surface area (Å²) in [5.74, 6) is 1.31. The molecule has 1 saturated carbocycles. The van der Waals surface area contributed by atoms with Gasteiger partial charge in [-0.2, -0.15) is 0 Å². The number of aromatic nitrogens is 2. The second-order valence-corrected chi connectivity index (χ2v) is 7.54. The Bertz CT molecular complexity index is 829. The standard InChI is InChI=1S/C20H23FN4O.H2/c1-12-3-5-16(8-18(12)19-22-9-15(21)10-23-19)24-20(26)25-11-14-4-6-17(25)7-13(14)2;/h3,5,8-10,13-14,17H,4,6-7,11H2,1-2H3,(H,24,26);1H/t13?,14-,17+;/m0./s1. The molecule has 2 amide bonds. The number of urea groups is 1. The van der Waals surface area contributed by atoms with Crippen molar-refractivity contribution in [2.75, 3.05) is 11.9 Å². The number of nitrogens with one attached hydrogen (secondary N) is 1. The molecule has 2 bridgehead atoms. The first-order valence-corrected chi connectivity index (χ1v) is 9.17. The molecule has 2 aliphatic heterocycles. The Morgan fingerprint density at radius 1 is 1.31 bits per heavy atom. The van der Waals surface area contributed by atoms with Crippen LogP contribution in [0.2, 0.25) is 0 Å². The Hall–Kier alpha value is -2.50. The second kappa shape index (κ2) is 6.67. The maximum atomic E-state index is 13.1. The van der Waals surface area contributed by atoms with Crippen molar-refractivity contribution in [3.63, 3.8) is 0 Å². The van der Waals surface area contributed by atoms with Gasteiger partial charge in [-0.25, -0.2) is 19.2 Å². The van der Waals surface area contributed by atoms with Gasteiger partial charge >= 0.3 is 6.03 Å². The van der Waals surface area contributed by atoms with E-state index in [2.05, 4.69) is 22.2 Å². The highest BCUT2D eigenvalue weighted by Gasteiger charge is 2.40. The van der Waals surface area contributed by atoms with Gasteiger partial charge in [-0.15, -0.1) is 0 Å². The zero-order valence-electron chi connectivity index (χ0n) is 15.1. The highest BCUT2D eigenvalue weighted by molar-refractivity contribution is 5.90. The van der Waals surface area contributed by atoms with Crippen LogP contribution in [0.3, 0.4) is 0 Å². The number of halogens is 1. The molecule has 3 aliphatic rings. The Labute approximate surface area is 154 Å². The van der Waals surface area contributed by atoms with Crippen molar-refractivity contribution in [1.82, 2.24) is 14.9 Å². The van der Waals surface area contributed by atoms with Gasteiger partial charge in [-0.3, -0.25) is 0 Å². The summed E-state index contributed by atoms with van der Waals surface area (Å²) in [6, 6.07) is 5.96. The molecule has 3 atom stereocenters. The molecule has 2 saturated heterocycles. The van der Waals surface area contributed by atoms with Crippen LogP contribution in [0.15, 0.2) is 30.6 Å². The van der Waals surface area contributed by atoms with Crippen LogP contribution in [0.4, 0.5) is 14.9 Å². The van der Waals surface area contributed by atoms with E-state index in [1.807, 2.05) is 30.0 Å². The lowest BCUT2D eigenvalue weighted by Gasteiger charge is -2.48. The Morgan fingerprint density at radius 2 is 2.08 bits per heavy atom. The van der Waals surface area contributed by atoms with Crippen LogP contribution < -0.4 is 5.32 Å². The molecule has 0 spiro atoms. The second-order valence-electron chi connectivity index (χ2n) is 7.54. The van der Waals surface area contributed by atoms with E-state index in [9.17, 15) is 9.18 Å². The number of aryl methyl sites for hydroxylation is 1. The largest absolute Gasteiger partial charge is 0.322 e. The monoisotopic (exact) mass is 356 g/mol. The summed E-state index contributed by atoms with van der Waals surface area (Å²) >= 11 is 0. The molecular weight excluding hydrogens is 331 g/mol. The molecule has 1 aromatic carbocycles. The third-order valence-corrected chi connectivity index (χ3v) is 5.80. The minimum absolute atomic E-state index is 0. The van der Waals surface area contributed by atoms with Crippen molar-refractivity contribution in [1.29, 1.82) is 0 Å². The minimum atomic E-state index is -0.467. The number of hydrogen-bond donors (Lipinski definition) is 1. The summed E-state index contributed by atoms with van der Waals surface area (Å²) in [7, 11) is 0. The predicted molar refractivity (Wildman–Crippen MR) is 100 cm³/mol. The van der Waals surface area contributed by atoms with Gasteiger partial charge in [0.15, 0.2) is 11.6 Å². The summed E-state index contributed by atoms with van der Waals surface area (Å²) in [5.41, 5.74) is 2.47. The number of carbonyl (C=O) groups is 1. The Kier molecular flexibility index (Phi) is 4.34. The lowest BCUT2D eigenvalue weighted by Crippen LogP contribution is -2.54. The fourth-order valence-electron chi connectivity index (χ4n) is 4.22. The fourth-order valence-corrected chi connectivity index (χ4v) is 4.22. The number of nitrogens with zero attached hydrogens (tertiary/aromatic N) is 3. The van der Waals surface area contributed by atoms with E-state index in [-0.39, 0.29) is 7.46 Å². The van der Waals surface area contributed by atoms with Crippen molar-refractivity contribution >= 4 is 11.7 Å². The molecule has 1 aromatic heterocycles. The molecule has 0 radical (unpaired) electrons. The number of carbonyl (C=O) groups excluding carboxylic acids is 1. The van der Waals surface area contributed by atoms with E-state index in [0.717, 1.165) is 42.9 Å². The maximum absolute atomic E-state index is 13.1. The first-order chi connectivity index (χ1) is 12.5. The van der Waals surface area contributed by atoms with E-state index in [4.69, 9.17) is 0 Å².